The summed E-state index contributed by atoms with van der Waals surface area (Å²) in [7, 11) is 0. The summed E-state index contributed by atoms with van der Waals surface area (Å²) in [6.45, 7) is 2.76. The zero-order valence-electron chi connectivity index (χ0n) is 11.4. The zero-order chi connectivity index (χ0) is 13.9. The number of aryl methyl sites for hydroxylation is 1. The van der Waals surface area contributed by atoms with Crippen LogP contribution in [0.5, 0.6) is 0 Å². The Labute approximate surface area is 118 Å². The Morgan fingerprint density at radius 2 is 1.60 bits per heavy atom. The molecule has 0 aromatic heterocycles. The van der Waals surface area contributed by atoms with Crippen LogP contribution in [0.3, 0.4) is 0 Å². The van der Waals surface area contributed by atoms with Gasteiger partial charge in [-0.3, -0.25) is 4.99 Å². The highest BCUT2D eigenvalue weighted by Crippen LogP contribution is 2.14. The van der Waals surface area contributed by atoms with Crippen LogP contribution in [0.25, 0.3) is 0 Å². The van der Waals surface area contributed by atoms with Crippen LogP contribution in [-0.4, -0.2) is 23.2 Å². The maximum absolute atomic E-state index is 9.05. The van der Waals surface area contributed by atoms with Crippen LogP contribution in [0.1, 0.15) is 22.3 Å². The molecule has 0 fully saturated rings. The van der Waals surface area contributed by atoms with Crippen molar-refractivity contribution in [2.45, 2.75) is 13.5 Å². The van der Waals surface area contributed by atoms with Crippen molar-refractivity contribution in [3.63, 3.8) is 0 Å². The summed E-state index contributed by atoms with van der Waals surface area (Å²) in [5.74, 6) is 0.769. The van der Waals surface area contributed by atoms with Crippen LogP contribution in [0.2, 0.25) is 0 Å². The minimum atomic E-state index is 0.0602. The lowest BCUT2D eigenvalue weighted by atomic mass is 10.1. The lowest BCUT2D eigenvalue weighted by molar-refractivity contribution is 0.282. The molecule has 3 heteroatoms. The van der Waals surface area contributed by atoms with Gasteiger partial charge in [-0.25, -0.2) is 4.99 Å². The molecule has 0 saturated heterocycles. The van der Waals surface area contributed by atoms with E-state index >= 15 is 0 Å². The molecule has 1 heterocycles. The topological polar surface area (TPSA) is 45.0 Å². The summed E-state index contributed by atoms with van der Waals surface area (Å²) in [6, 6.07) is 16.0. The van der Waals surface area contributed by atoms with Crippen LogP contribution in [-0.2, 0) is 6.61 Å². The summed E-state index contributed by atoms with van der Waals surface area (Å²) >= 11 is 0. The van der Waals surface area contributed by atoms with Crippen LogP contribution in [0, 0.1) is 6.92 Å². The van der Waals surface area contributed by atoms with Gasteiger partial charge < -0.3 is 5.11 Å². The first-order chi connectivity index (χ1) is 9.76. The van der Waals surface area contributed by atoms with Crippen molar-refractivity contribution in [1.82, 2.24) is 0 Å². The molecule has 3 nitrogen and oxygen atoms in total. The van der Waals surface area contributed by atoms with E-state index in [-0.39, 0.29) is 6.61 Å². The molecule has 3 rings (SSSR count). The third kappa shape index (κ3) is 2.53. The Kier molecular flexibility index (Phi) is 3.44. The molecule has 100 valence electrons. The number of nitrogens with zero attached hydrogens (tertiary/aromatic N) is 2. The van der Waals surface area contributed by atoms with E-state index in [0.29, 0.717) is 6.54 Å². The van der Waals surface area contributed by atoms with E-state index in [9.17, 15) is 0 Å². The average Bonchev–Trinajstić information content (AvgIpc) is 2.98. The maximum atomic E-state index is 9.05. The maximum Gasteiger partial charge on any atom is 0.155 e. The molecule has 0 unspecified atom stereocenters. The molecule has 0 bridgehead atoms. The minimum absolute atomic E-state index is 0.0602. The fourth-order valence-electron chi connectivity index (χ4n) is 2.17. The first-order valence-corrected chi connectivity index (χ1v) is 6.65. The summed E-state index contributed by atoms with van der Waals surface area (Å²) in [5.41, 5.74) is 5.26. The lowest BCUT2D eigenvalue weighted by Gasteiger charge is -2.01. The van der Waals surface area contributed by atoms with Gasteiger partial charge in [-0.05, 0) is 18.1 Å². The van der Waals surface area contributed by atoms with Gasteiger partial charge in [-0.15, -0.1) is 0 Å². The lowest BCUT2D eigenvalue weighted by Crippen LogP contribution is -2.01. The second-order valence-electron chi connectivity index (χ2n) is 4.92. The van der Waals surface area contributed by atoms with Crippen LogP contribution in [0.15, 0.2) is 58.5 Å². The summed E-state index contributed by atoms with van der Waals surface area (Å²) in [5, 5.41) is 9.05. The summed E-state index contributed by atoms with van der Waals surface area (Å²) in [4.78, 5) is 9.11. The molecule has 1 aliphatic heterocycles. The summed E-state index contributed by atoms with van der Waals surface area (Å²) in [6.07, 6.45) is 0. The molecule has 0 saturated carbocycles. The molecule has 2 aromatic rings. The van der Waals surface area contributed by atoms with Gasteiger partial charge in [-0.1, -0.05) is 54.1 Å². The van der Waals surface area contributed by atoms with Crippen molar-refractivity contribution < 1.29 is 5.11 Å². The first kappa shape index (κ1) is 12.8. The molecular formula is C17H16N2O. The average molecular weight is 264 g/mol. The predicted octanol–water partition coefficient (Wildman–Crippen LogP) is 2.74. The van der Waals surface area contributed by atoms with E-state index in [0.717, 1.165) is 28.2 Å². The number of aliphatic imine (C=N–C) groups is 2. The van der Waals surface area contributed by atoms with Crippen molar-refractivity contribution in [3.8, 4) is 0 Å². The molecule has 0 radical (unpaired) electrons. The van der Waals surface area contributed by atoms with Crippen molar-refractivity contribution in [2.75, 3.05) is 6.54 Å². The van der Waals surface area contributed by atoms with Gasteiger partial charge in [0.2, 0.25) is 0 Å². The Bertz CT molecular complexity index is 667. The number of hydrogen-bond acceptors (Lipinski definition) is 3. The van der Waals surface area contributed by atoms with Gasteiger partial charge in [0.1, 0.15) is 0 Å². The predicted molar refractivity (Wildman–Crippen MR) is 81.5 cm³/mol. The quantitative estimate of drug-likeness (QED) is 0.910. The highest BCUT2D eigenvalue weighted by Gasteiger charge is 2.13. The number of hydrogen-bond donors (Lipinski definition) is 1. The molecule has 1 aliphatic rings. The second-order valence-corrected chi connectivity index (χ2v) is 4.92. The minimum Gasteiger partial charge on any atom is -0.392 e. The van der Waals surface area contributed by atoms with Crippen LogP contribution in [0.4, 0.5) is 0 Å². The third-order valence-electron chi connectivity index (χ3n) is 3.40. The van der Waals surface area contributed by atoms with E-state index in [2.05, 4.69) is 41.2 Å². The number of amidine groups is 1. The number of aliphatic hydroxyl groups is 1. The highest BCUT2D eigenvalue weighted by molar-refractivity contribution is 6.17. The van der Waals surface area contributed by atoms with Crippen molar-refractivity contribution in [2.24, 2.45) is 9.98 Å². The smallest absolute Gasteiger partial charge is 0.155 e. The van der Waals surface area contributed by atoms with Gasteiger partial charge >= 0.3 is 0 Å². The molecular weight excluding hydrogens is 248 g/mol. The monoisotopic (exact) mass is 264 g/mol. The van der Waals surface area contributed by atoms with Crippen molar-refractivity contribution in [1.29, 1.82) is 0 Å². The number of rotatable bonds is 3. The van der Waals surface area contributed by atoms with E-state index in [1.54, 1.807) is 0 Å². The van der Waals surface area contributed by atoms with E-state index in [1.807, 2.05) is 24.3 Å². The Morgan fingerprint density at radius 1 is 0.950 bits per heavy atom. The van der Waals surface area contributed by atoms with Crippen molar-refractivity contribution >= 4 is 11.5 Å². The fraction of sp³-hybridized carbons (Fsp3) is 0.176. The van der Waals surface area contributed by atoms with Crippen LogP contribution >= 0.6 is 0 Å². The summed E-state index contributed by atoms with van der Waals surface area (Å²) < 4.78 is 0. The third-order valence-corrected chi connectivity index (χ3v) is 3.40. The Balaban J connectivity index is 1.84. The SMILES string of the molecule is Cc1ccc(C2=NC(c3ccc(CO)cc3)=NC2)cc1. The van der Waals surface area contributed by atoms with E-state index < -0.39 is 0 Å². The zero-order valence-corrected chi connectivity index (χ0v) is 11.4. The normalized spacial score (nSPS) is 14.1. The van der Waals surface area contributed by atoms with Gasteiger partial charge in [0.05, 0.1) is 18.9 Å². The van der Waals surface area contributed by atoms with E-state index in [4.69, 9.17) is 5.11 Å². The number of benzene rings is 2. The molecule has 1 N–H and O–H groups in total. The van der Waals surface area contributed by atoms with Crippen molar-refractivity contribution in [3.05, 3.63) is 70.8 Å². The van der Waals surface area contributed by atoms with Gasteiger partial charge in [-0.2, -0.15) is 0 Å². The second kappa shape index (κ2) is 5.39. The molecule has 20 heavy (non-hydrogen) atoms. The Morgan fingerprint density at radius 3 is 2.25 bits per heavy atom. The first-order valence-electron chi connectivity index (χ1n) is 6.65. The van der Waals surface area contributed by atoms with Crippen LogP contribution < -0.4 is 0 Å². The van der Waals surface area contributed by atoms with Gasteiger partial charge in [0.15, 0.2) is 5.84 Å². The molecule has 0 aliphatic carbocycles. The van der Waals surface area contributed by atoms with Gasteiger partial charge in [0, 0.05) is 5.56 Å². The molecule has 0 spiro atoms. The molecule has 2 aromatic carbocycles. The largest absolute Gasteiger partial charge is 0.392 e. The molecule has 0 atom stereocenters. The highest BCUT2D eigenvalue weighted by atomic mass is 16.3. The number of aliphatic hydroxyl groups excluding tert-OH is 1. The fourth-order valence-corrected chi connectivity index (χ4v) is 2.17. The Hall–Kier alpha value is -2.26. The standard InChI is InChI=1S/C17H16N2O/c1-12-2-6-14(7-3-12)16-10-18-17(19-16)15-8-4-13(11-20)5-9-15/h2-9,20H,10-11H2,1H3. The van der Waals surface area contributed by atoms with Gasteiger partial charge in [0.25, 0.3) is 0 Å². The van der Waals surface area contributed by atoms with E-state index in [1.165, 1.54) is 5.56 Å². The molecule has 0 amide bonds.